The second kappa shape index (κ2) is 7.49. The average Bonchev–Trinajstić information content (AvgIpc) is 2.55. The monoisotopic (exact) mass is 344 g/mol. The van der Waals surface area contributed by atoms with E-state index in [1.807, 2.05) is 37.3 Å². The number of carbonyl (C=O) groups excluding carboxylic acids is 2. The minimum absolute atomic E-state index is 0.324. The predicted molar refractivity (Wildman–Crippen MR) is 96.9 cm³/mol. The molecule has 0 heterocycles. The number of amides is 2. The molecule has 5 heteroatoms. The average molecular weight is 345 g/mol. The predicted octanol–water partition coefficient (Wildman–Crippen LogP) is 3.93. The van der Waals surface area contributed by atoms with Crippen LogP contribution in [0.2, 0.25) is 5.02 Å². The van der Waals surface area contributed by atoms with E-state index in [2.05, 4.69) is 10.6 Å². The summed E-state index contributed by atoms with van der Waals surface area (Å²) >= 11 is 5.92. The van der Waals surface area contributed by atoms with Gasteiger partial charge in [-0.15, -0.1) is 0 Å². The Kier molecular flexibility index (Phi) is 5.62. The number of hydrogen-bond acceptors (Lipinski definition) is 2. The van der Waals surface area contributed by atoms with Crippen molar-refractivity contribution in [2.24, 2.45) is 5.41 Å². The standard InChI is InChI=1S/C19H21ClN2O2/c1-13-11-15(20)9-10-16(13)22-18(24)19(2,3)17(23)21-12-14-7-5-4-6-8-14/h4-11H,12H2,1-3H3,(H,21,23)(H,22,24). The van der Waals surface area contributed by atoms with E-state index in [0.29, 0.717) is 17.3 Å². The van der Waals surface area contributed by atoms with Crippen LogP contribution in [0.25, 0.3) is 0 Å². The molecule has 2 aromatic rings. The fourth-order valence-electron chi connectivity index (χ4n) is 2.15. The van der Waals surface area contributed by atoms with E-state index in [9.17, 15) is 9.59 Å². The van der Waals surface area contributed by atoms with E-state index >= 15 is 0 Å². The summed E-state index contributed by atoms with van der Waals surface area (Å²) in [7, 11) is 0. The third-order valence-electron chi connectivity index (χ3n) is 3.87. The highest BCUT2D eigenvalue weighted by molar-refractivity contribution is 6.30. The molecule has 0 atom stereocenters. The molecular formula is C19H21ClN2O2. The number of benzene rings is 2. The van der Waals surface area contributed by atoms with Gasteiger partial charge in [0, 0.05) is 17.3 Å². The minimum atomic E-state index is -1.19. The highest BCUT2D eigenvalue weighted by atomic mass is 35.5. The molecule has 2 rings (SSSR count). The Labute approximate surface area is 147 Å². The summed E-state index contributed by atoms with van der Waals surface area (Å²) in [4.78, 5) is 24.9. The molecule has 126 valence electrons. The molecule has 24 heavy (non-hydrogen) atoms. The Morgan fingerprint density at radius 1 is 1.04 bits per heavy atom. The van der Waals surface area contributed by atoms with Gasteiger partial charge in [0.1, 0.15) is 5.41 Å². The minimum Gasteiger partial charge on any atom is -0.351 e. The van der Waals surface area contributed by atoms with Gasteiger partial charge in [-0.2, -0.15) is 0 Å². The van der Waals surface area contributed by atoms with Gasteiger partial charge in [-0.05, 0) is 50.1 Å². The van der Waals surface area contributed by atoms with Gasteiger partial charge < -0.3 is 10.6 Å². The summed E-state index contributed by atoms with van der Waals surface area (Å²) in [6.07, 6.45) is 0. The van der Waals surface area contributed by atoms with Crippen molar-refractivity contribution >= 4 is 29.1 Å². The first-order valence-electron chi connectivity index (χ1n) is 7.70. The van der Waals surface area contributed by atoms with Gasteiger partial charge >= 0.3 is 0 Å². The van der Waals surface area contributed by atoms with Gasteiger partial charge in [-0.3, -0.25) is 9.59 Å². The van der Waals surface area contributed by atoms with Crippen LogP contribution in [0, 0.1) is 12.3 Å². The first kappa shape index (κ1) is 18.0. The van der Waals surface area contributed by atoms with Crippen molar-refractivity contribution in [1.29, 1.82) is 0 Å². The van der Waals surface area contributed by atoms with Crippen LogP contribution in [0.1, 0.15) is 25.0 Å². The second-order valence-corrected chi connectivity index (χ2v) is 6.64. The maximum absolute atomic E-state index is 12.5. The second-order valence-electron chi connectivity index (χ2n) is 6.21. The largest absolute Gasteiger partial charge is 0.351 e. The Bertz CT molecular complexity index is 742. The number of aryl methyl sites for hydroxylation is 1. The van der Waals surface area contributed by atoms with Crippen molar-refractivity contribution in [3.05, 3.63) is 64.7 Å². The molecule has 0 aromatic heterocycles. The zero-order valence-corrected chi connectivity index (χ0v) is 14.8. The van der Waals surface area contributed by atoms with Crippen molar-refractivity contribution < 1.29 is 9.59 Å². The Morgan fingerprint density at radius 2 is 1.71 bits per heavy atom. The van der Waals surface area contributed by atoms with E-state index in [4.69, 9.17) is 11.6 Å². The molecular weight excluding hydrogens is 324 g/mol. The lowest BCUT2D eigenvalue weighted by atomic mass is 9.90. The van der Waals surface area contributed by atoms with Crippen molar-refractivity contribution in [2.75, 3.05) is 5.32 Å². The Hall–Kier alpha value is -2.33. The maximum atomic E-state index is 12.5. The van der Waals surface area contributed by atoms with E-state index in [1.54, 1.807) is 32.0 Å². The summed E-state index contributed by atoms with van der Waals surface area (Å²) < 4.78 is 0. The van der Waals surface area contributed by atoms with Crippen LogP contribution in [-0.4, -0.2) is 11.8 Å². The SMILES string of the molecule is Cc1cc(Cl)ccc1NC(=O)C(C)(C)C(=O)NCc1ccccc1. The highest BCUT2D eigenvalue weighted by Crippen LogP contribution is 2.23. The van der Waals surface area contributed by atoms with E-state index in [1.165, 1.54) is 0 Å². The Balaban J connectivity index is 2.02. The fourth-order valence-corrected chi connectivity index (χ4v) is 2.37. The third-order valence-corrected chi connectivity index (χ3v) is 4.10. The van der Waals surface area contributed by atoms with Gasteiger partial charge in [0.05, 0.1) is 0 Å². The van der Waals surface area contributed by atoms with Gasteiger partial charge in [0.2, 0.25) is 11.8 Å². The molecule has 0 radical (unpaired) electrons. The van der Waals surface area contributed by atoms with Crippen LogP contribution in [0.15, 0.2) is 48.5 Å². The number of rotatable bonds is 5. The smallest absolute Gasteiger partial charge is 0.239 e. The Morgan fingerprint density at radius 3 is 2.33 bits per heavy atom. The van der Waals surface area contributed by atoms with E-state index in [-0.39, 0.29) is 11.8 Å². The van der Waals surface area contributed by atoms with E-state index in [0.717, 1.165) is 11.1 Å². The number of halogens is 1. The molecule has 0 spiro atoms. The molecule has 0 saturated heterocycles. The third kappa shape index (κ3) is 4.36. The van der Waals surface area contributed by atoms with Gasteiger partial charge in [-0.1, -0.05) is 41.9 Å². The molecule has 0 saturated carbocycles. The lowest BCUT2D eigenvalue weighted by Crippen LogP contribution is -2.44. The van der Waals surface area contributed by atoms with Crippen molar-refractivity contribution in [1.82, 2.24) is 5.32 Å². The number of hydrogen-bond donors (Lipinski definition) is 2. The summed E-state index contributed by atoms with van der Waals surface area (Å²) in [6.45, 7) is 5.45. The zero-order valence-electron chi connectivity index (χ0n) is 14.0. The van der Waals surface area contributed by atoms with Gasteiger partial charge in [-0.25, -0.2) is 0 Å². The molecule has 0 fully saturated rings. The van der Waals surface area contributed by atoms with Crippen LogP contribution in [0.5, 0.6) is 0 Å². The number of nitrogens with one attached hydrogen (secondary N) is 2. The summed E-state index contributed by atoms with van der Waals surface area (Å²) in [5.74, 6) is -0.686. The van der Waals surface area contributed by atoms with Gasteiger partial charge in [0.25, 0.3) is 0 Å². The van der Waals surface area contributed by atoms with Crippen LogP contribution in [0.4, 0.5) is 5.69 Å². The number of anilines is 1. The molecule has 2 N–H and O–H groups in total. The molecule has 0 aliphatic heterocycles. The zero-order chi connectivity index (χ0) is 17.7. The lowest BCUT2D eigenvalue weighted by molar-refractivity contribution is -0.138. The van der Waals surface area contributed by atoms with Crippen LogP contribution >= 0.6 is 11.6 Å². The molecule has 0 unspecified atom stereocenters. The van der Waals surface area contributed by atoms with Crippen LogP contribution < -0.4 is 10.6 Å². The first-order chi connectivity index (χ1) is 11.3. The molecule has 0 bridgehead atoms. The van der Waals surface area contributed by atoms with Crippen LogP contribution in [-0.2, 0) is 16.1 Å². The quantitative estimate of drug-likeness (QED) is 0.807. The summed E-state index contributed by atoms with van der Waals surface area (Å²) in [6, 6.07) is 14.8. The topological polar surface area (TPSA) is 58.2 Å². The molecule has 0 aliphatic carbocycles. The molecule has 0 aliphatic rings. The summed E-state index contributed by atoms with van der Waals surface area (Å²) in [5.41, 5.74) is 1.28. The lowest BCUT2D eigenvalue weighted by Gasteiger charge is -2.23. The molecule has 4 nitrogen and oxygen atoms in total. The van der Waals surface area contributed by atoms with Crippen LogP contribution in [0.3, 0.4) is 0 Å². The molecule has 2 aromatic carbocycles. The van der Waals surface area contributed by atoms with Crippen molar-refractivity contribution in [3.63, 3.8) is 0 Å². The van der Waals surface area contributed by atoms with Crippen molar-refractivity contribution in [3.8, 4) is 0 Å². The fraction of sp³-hybridized carbons (Fsp3) is 0.263. The van der Waals surface area contributed by atoms with Crippen molar-refractivity contribution in [2.45, 2.75) is 27.3 Å². The first-order valence-corrected chi connectivity index (χ1v) is 8.08. The maximum Gasteiger partial charge on any atom is 0.239 e. The number of carbonyl (C=O) groups is 2. The molecule has 2 amide bonds. The van der Waals surface area contributed by atoms with Gasteiger partial charge in [0.15, 0.2) is 0 Å². The highest BCUT2D eigenvalue weighted by Gasteiger charge is 2.36. The summed E-state index contributed by atoms with van der Waals surface area (Å²) in [5, 5.41) is 6.21. The normalized spacial score (nSPS) is 11.0. The van der Waals surface area contributed by atoms with E-state index < -0.39 is 5.41 Å².